The summed E-state index contributed by atoms with van der Waals surface area (Å²) < 4.78 is 2.98. The zero-order valence-electron chi connectivity index (χ0n) is 21.6. The fourth-order valence-electron chi connectivity index (χ4n) is 5.32. The molecular weight excluding hydrogens is 464 g/mol. The number of nitrogens with one attached hydrogen (secondary N) is 1. The number of fused-ring (bicyclic) bond motifs is 1. The number of carbonyl (C=O) groups excluding carboxylic acids is 1. The maximum atomic E-state index is 13.1. The van der Waals surface area contributed by atoms with E-state index in [0.29, 0.717) is 17.8 Å². The molecule has 0 aliphatic carbocycles. The predicted molar refractivity (Wildman–Crippen MR) is 145 cm³/mol. The van der Waals surface area contributed by atoms with Crippen molar-refractivity contribution in [1.29, 1.82) is 0 Å². The Bertz CT molecular complexity index is 1420. The van der Waals surface area contributed by atoms with Gasteiger partial charge in [0, 0.05) is 13.1 Å². The van der Waals surface area contributed by atoms with Crippen molar-refractivity contribution in [3.05, 3.63) is 88.0 Å². The monoisotopic (exact) mass is 498 g/mol. The van der Waals surface area contributed by atoms with Gasteiger partial charge in [0.1, 0.15) is 6.54 Å². The summed E-state index contributed by atoms with van der Waals surface area (Å²) in [6.07, 6.45) is 3.49. The zero-order valence-corrected chi connectivity index (χ0v) is 21.6. The van der Waals surface area contributed by atoms with Crippen molar-refractivity contribution < 1.29 is 4.79 Å². The molecule has 0 atom stereocenters. The second-order valence-corrected chi connectivity index (χ2v) is 9.93. The number of benzene rings is 2. The number of aryl methyl sites for hydroxylation is 2. The molecule has 1 fully saturated rings. The van der Waals surface area contributed by atoms with Gasteiger partial charge in [0.25, 0.3) is 5.56 Å². The Balaban J connectivity index is 1.15. The lowest BCUT2D eigenvalue weighted by molar-refractivity contribution is -0.122. The van der Waals surface area contributed by atoms with Gasteiger partial charge in [-0.1, -0.05) is 48.5 Å². The summed E-state index contributed by atoms with van der Waals surface area (Å²) in [5.41, 5.74) is 3.80. The van der Waals surface area contributed by atoms with Crippen LogP contribution in [0.4, 0.5) is 0 Å². The van der Waals surface area contributed by atoms with Crippen LogP contribution in [-0.2, 0) is 17.8 Å². The minimum Gasteiger partial charge on any atom is -0.353 e. The molecule has 192 valence electrons. The normalized spacial score (nSPS) is 14.8. The number of rotatable bonds is 8. The lowest BCUT2D eigenvalue weighted by atomic mass is 9.90. The minimum absolute atomic E-state index is 0.119. The Morgan fingerprint density at radius 1 is 0.973 bits per heavy atom. The summed E-state index contributed by atoms with van der Waals surface area (Å²) in [6.45, 7) is 7.12. The average Bonchev–Trinajstić information content (AvgIpc) is 3.27. The standard InChI is InChI=1S/C29H34N6O2/c1-21-27-22(2)35(25-11-7-4-8-12-25)32-28(27)29(37)34(31-21)20-26(36)30-15-18-33-16-13-24(14-17-33)19-23-9-5-3-6-10-23/h3-12,24H,13-20H2,1-2H3,(H,30,36). The van der Waals surface area contributed by atoms with Crippen molar-refractivity contribution in [2.45, 2.75) is 39.7 Å². The van der Waals surface area contributed by atoms with E-state index < -0.39 is 0 Å². The van der Waals surface area contributed by atoms with Crippen molar-refractivity contribution in [2.24, 2.45) is 5.92 Å². The van der Waals surface area contributed by atoms with E-state index >= 15 is 0 Å². The van der Waals surface area contributed by atoms with Crippen LogP contribution in [-0.4, -0.2) is 56.5 Å². The molecule has 0 unspecified atom stereocenters. The molecule has 37 heavy (non-hydrogen) atoms. The maximum Gasteiger partial charge on any atom is 0.295 e. The van der Waals surface area contributed by atoms with Crippen molar-refractivity contribution in [3.63, 3.8) is 0 Å². The zero-order chi connectivity index (χ0) is 25.8. The van der Waals surface area contributed by atoms with Crippen LogP contribution in [0, 0.1) is 19.8 Å². The van der Waals surface area contributed by atoms with Gasteiger partial charge in [-0.2, -0.15) is 10.2 Å². The van der Waals surface area contributed by atoms with E-state index in [1.165, 1.54) is 23.1 Å². The van der Waals surface area contributed by atoms with E-state index in [9.17, 15) is 9.59 Å². The van der Waals surface area contributed by atoms with Gasteiger partial charge in [0.05, 0.1) is 22.5 Å². The number of piperidine rings is 1. The van der Waals surface area contributed by atoms with Gasteiger partial charge in [0.15, 0.2) is 5.52 Å². The summed E-state index contributed by atoms with van der Waals surface area (Å²) >= 11 is 0. The van der Waals surface area contributed by atoms with E-state index in [2.05, 4.69) is 50.7 Å². The molecule has 3 heterocycles. The first-order chi connectivity index (χ1) is 18.0. The third-order valence-electron chi connectivity index (χ3n) is 7.30. The highest BCUT2D eigenvalue weighted by Crippen LogP contribution is 2.22. The molecule has 8 nitrogen and oxygen atoms in total. The Labute approximate surface area is 216 Å². The maximum absolute atomic E-state index is 13.1. The summed E-state index contributed by atoms with van der Waals surface area (Å²) in [4.78, 5) is 28.2. The van der Waals surface area contributed by atoms with Crippen LogP contribution in [0.15, 0.2) is 65.5 Å². The van der Waals surface area contributed by atoms with Gasteiger partial charge in [-0.15, -0.1) is 0 Å². The number of hydrogen-bond acceptors (Lipinski definition) is 5. The van der Waals surface area contributed by atoms with Gasteiger partial charge in [-0.25, -0.2) is 9.36 Å². The molecule has 5 rings (SSSR count). The van der Waals surface area contributed by atoms with E-state index in [-0.39, 0.29) is 18.0 Å². The van der Waals surface area contributed by atoms with Crippen molar-refractivity contribution in [2.75, 3.05) is 26.2 Å². The number of para-hydroxylation sites is 1. The third-order valence-corrected chi connectivity index (χ3v) is 7.30. The lowest BCUT2D eigenvalue weighted by Crippen LogP contribution is -2.41. The first-order valence-corrected chi connectivity index (χ1v) is 13.0. The first-order valence-electron chi connectivity index (χ1n) is 13.0. The number of aromatic nitrogens is 4. The molecule has 8 heteroatoms. The molecule has 0 spiro atoms. The van der Waals surface area contributed by atoms with Gasteiger partial charge in [0.2, 0.25) is 5.91 Å². The predicted octanol–water partition coefficient (Wildman–Crippen LogP) is 3.27. The number of nitrogens with zero attached hydrogens (tertiary/aromatic N) is 5. The number of amides is 1. The van der Waals surface area contributed by atoms with Gasteiger partial charge in [-0.05, 0) is 69.8 Å². The van der Waals surface area contributed by atoms with E-state index in [0.717, 1.165) is 48.7 Å². The fourth-order valence-corrected chi connectivity index (χ4v) is 5.32. The molecule has 2 aromatic heterocycles. The number of hydrogen-bond donors (Lipinski definition) is 1. The minimum atomic E-state index is -0.353. The highest BCUT2D eigenvalue weighted by molar-refractivity contribution is 5.83. The molecule has 0 saturated carbocycles. The van der Waals surface area contributed by atoms with Crippen LogP contribution in [0.1, 0.15) is 29.8 Å². The summed E-state index contributed by atoms with van der Waals surface area (Å²) in [5, 5.41) is 12.7. The van der Waals surface area contributed by atoms with Crippen molar-refractivity contribution >= 4 is 16.8 Å². The SMILES string of the molecule is Cc1nn(CC(=O)NCCN2CCC(Cc3ccccc3)CC2)c(=O)c2nn(-c3ccccc3)c(C)c12. The van der Waals surface area contributed by atoms with Crippen LogP contribution in [0.25, 0.3) is 16.6 Å². The Morgan fingerprint density at radius 2 is 1.65 bits per heavy atom. The Morgan fingerprint density at radius 3 is 2.35 bits per heavy atom. The first kappa shape index (κ1) is 24.9. The Kier molecular flexibility index (Phi) is 7.46. The largest absolute Gasteiger partial charge is 0.353 e. The molecule has 4 aromatic rings. The molecule has 0 radical (unpaired) electrons. The number of carbonyl (C=O) groups is 1. The van der Waals surface area contributed by atoms with Gasteiger partial charge >= 0.3 is 0 Å². The van der Waals surface area contributed by atoms with E-state index in [1.807, 2.05) is 44.2 Å². The molecule has 2 aromatic carbocycles. The van der Waals surface area contributed by atoms with E-state index in [4.69, 9.17) is 0 Å². The van der Waals surface area contributed by atoms with Crippen LogP contribution >= 0.6 is 0 Å². The number of likely N-dealkylation sites (tertiary alicyclic amines) is 1. The molecular formula is C29H34N6O2. The van der Waals surface area contributed by atoms with Gasteiger partial charge in [-0.3, -0.25) is 9.59 Å². The molecule has 1 N–H and O–H groups in total. The molecule has 1 aliphatic rings. The summed E-state index contributed by atoms with van der Waals surface area (Å²) in [7, 11) is 0. The van der Waals surface area contributed by atoms with Crippen LogP contribution in [0.3, 0.4) is 0 Å². The second-order valence-electron chi connectivity index (χ2n) is 9.93. The van der Waals surface area contributed by atoms with Crippen LogP contribution in [0.5, 0.6) is 0 Å². The van der Waals surface area contributed by atoms with Crippen molar-refractivity contribution in [3.8, 4) is 5.69 Å². The fraction of sp³-hybridized carbons (Fsp3) is 0.379. The smallest absolute Gasteiger partial charge is 0.295 e. The third kappa shape index (κ3) is 5.64. The second kappa shape index (κ2) is 11.1. The molecule has 1 aliphatic heterocycles. The average molecular weight is 499 g/mol. The Hall–Kier alpha value is -3.78. The van der Waals surface area contributed by atoms with E-state index in [1.54, 1.807) is 4.68 Å². The molecule has 0 bridgehead atoms. The highest BCUT2D eigenvalue weighted by Gasteiger charge is 2.20. The van der Waals surface area contributed by atoms with Gasteiger partial charge < -0.3 is 10.2 Å². The molecule has 1 saturated heterocycles. The lowest BCUT2D eigenvalue weighted by Gasteiger charge is -2.32. The summed E-state index contributed by atoms with van der Waals surface area (Å²) in [6, 6.07) is 20.4. The highest BCUT2D eigenvalue weighted by atomic mass is 16.2. The van der Waals surface area contributed by atoms with Crippen LogP contribution in [0.2, 0.25) is 0 Å². The topological polar surface area (TPSA) is 85.1 Å². The van der Waals surface area contributed by atoms with Crippen LogP contribution < -0.4 is 10.9 Å². The van der Waals surface area contributed by atoms with Crippen molar-refractivity contribution in [1.82, 2.24) is 29.8 Å². The molecule has 1 amide bonds. The quantitative estimate of drug-likeness (QED) is 0.403. The summed E-state index contributed by atoms with van der Waals surface area (Å²) in [5.74, 6) is 0.505.